The molecule has 1 amide bonds. The van der Waals surface area contributed by atoms with Crippen LogP contribution in [0, 0.1) is 13.8 Å². The van der Waals surface area contributed by atoms with Gasteiger partial charge in [-0.25, -0.2) is 8.42 Å². The molecule has 0 saturated carbocycles. The Morgan fingerprint density at radius 2 is 1.42 bits per heavy atom. The average molecular weight is 467 g/mol. The smallest absolute Gasteiger partial charge is 0.264 e. The maximum atomic E-state index is 13.4. The van der Waals surface area contributed by atoms with E-state index in [0.717, 1.165) is 26.7 Å². The lowest BCUT2D eigenvalue weighted by Gasteiger charge is -2.24. The van der Waals surface area contributed by atoms with Crippen LogP contribution in [-0.2, 0) is 21.4 Å². The van der Waals surface area contributed by atoms with Crippen molar-refractivity contribution in [3.05, 3.63) is 89.5 Å². The number of nitrogens with one attached hydrogen (secondary N) is 1. The molecule has 0 bridgehead atoms. The third-order valence-electron chi connectivity index (χ3n) is 5.00. The van der Waals surface area contributed by atoms with Crippen molar-refractivity contribution in [1.29, 1.82) is 0 Å². The molecule has 1 N–H and O–H groups in total. The van der Waals surface area contributed by atoms with Crippen molar-refractivity contribution in [2.24, 2.45) is 0 Å². The van der Waals surface area contributed by atoms with Gasteiger partial charge in [0.25, 0.3) is 10.0 Å². The lowest BCUT2D eigenvalue weighted by molar-refractivity contribution is -0.119. The highest BCUT2D eigenvalue weighted by Crippen LogP contribution is 2.24. The predicted molar refractivity (Wildman–Crippen MR) is 131 cm³/mol. The second kappa shape index (κ2) is 10.5. The zero-order valence-electron chi connectivity index (χ0n) is 19.4. The molecular weight excluding hydrogens is 436 g/mol. The van der Waals surface area contributed by atoms with Crippen molar-refractivity contribution in [1.82, 2.24) is 5.32 Å². The fourth-order valence-corrected chi connectivity index (χ4v) is 4.63. The van der Waals surface area contributed by atoms with Gasteiger partial charge in [0, 0.05) is 6.54 Å². The van der Waals surface area contributed by atoms with E-state index >= 15 is 0 Å². The highest BCUT2D eigenvalue weighted by Gasteiger charge is 2.27. The first kappa shape index (κ1) is 24.3. The quantitative estimate of drug-likeness (QED) is 0.500. The first-order valence-electron chi connectivity index (χ1n) is 10.8. The van der Waals surface area contributed by atoms with Crippen LogP contribution < -0.4 is 14.4 Å². The van der Waals surface area contributed by atoms with Gasteiger partial charge in [-0.15, -0.1) is 0 Å². The van der Waals surface area contributed by atoms with Crippen molar-refractivity contribution in [2.45, 2.75) is 45.2 Å². The minimum absolute atomic E-state index is 0.0822. The largest absolute Gasteiger partial charge is 0.491 e. The Kier molecular flexibility index (Phi) is 7.76. The van der Waals surface area contributed by atoms with E-state index in [9.17, 15) is 13.2 Å². The highest BCUT2D eigenvalue weighted by atomic mass is 32.2. The summed E-state index contributed by atoms with van der Waals surface area (Å²) in [5.41, 5.74) is 3.29. The number of ether oxygens (including phenoxy) is 1. The van der Waals surface area contributed by atoms with Crippen LogP contribution in [0.5, 0.6) is 5.75 Å². The van der Waals surface area contributed by atoms with Gasteiger partial charge in [-0.1, -0.05) is 47.5 Å². The van der Waals surface area contributed by atoms with Gasteiger partial charge in [0.1, 0.15) is 12.3 Å². The Morgan fingerprint density at radius 3 is 1.97 bits per heavy atom. The fraction of sp³-hybridized carbons (Fsp3) is 0.269. The molecule has 3 rings (SSSR count). The molecule has 0 fully saturated rings. The molecule has 0 aliphatic heterocycles. The van der Waals surface area contributed by atoms with Crippen LogP contribution in [0.2, 0.25) is 0 Å². The minimum Gasteiger partial charge on any atom is -0.491 e. The predicted octanol–water partition coefficient (Wildman–Crippen LogP) is 4.60. The van der Waals surface area contributed by atoms with E-state index in [4.69, 9.17) is 4.74 Å². The Labute approximate surface area is 196 Å². The van der Waals surface area contributed by atoms with Gasteiger partial charge in [-0.05, 0) is 69.7 Å². The van der Waals surface area contributed by atoms with Gasteiger partial charge in [0.15, 0.2) is 0 Å². The summed E-state index contributed by atoms with van der Waals surface area (Å²) in [6, 6.07) is 21.1. The molecule has 0 atom stereocenters. The lowest BCUT2D eigenvalue weighted by Crippen LogP contribution is -2.40. The molecule has 0 saturated heterocycles. The maximum Gasteiger partial charge on any atom is 0.264 e. The summed E-state index contributed by atoms with van der Waals surface area (Å²) in [5, 5.41) is 2.82. The normalized spacial score (nSPS) is 11.3. The first-order chi connectivity index (χ1) is 15.6. The number of rotatable bonds is 9. The van der Waals surface area contributed by atoms with E-state index in [1.54, 1.807) is 36.4 Å². The molecule has 0 spiro atoms. The number of amides is 1. The van der Waals surface area contributed by atoms with Crippen molar-refractivity contribution in [3.8, 4) is 5.75 Å². The van der Waals surface area contributed by atoms with E-state index in [1.165, 1.54) is 0 Å². The van der Waals surface area contributed by atoms with E-state index in [1.807, 2.05) is 64.1 Å². The SMILES string of the molecule is Cc1ccc(N(CC(=O)NCc2ccc(OC(C)C)cc2)S(=O)(=O)c2ccc(C)cc2)cc1. The number of nitrogens with zero attached hydrogens (tertiary/aromatic N) is 1. The zero-order valence-corrected chi connectivity index (χ0v) is 20.2. The second-order valence-corrected chi connectivity index (χ2v) is 10.1. The molecule has 0 heterocycles. The van der Waals surface area contributed by atoms with Crippen molar-refractivity contribution >= 4 is 21.6 Å². The standard InChI is InChI=1S/C26H30N2O4S/c1-19(2)32-24-13-9-22(10-14-24)17-27-26(29)18-28(23-11-5-20(3)6-12-23)33(30,31)25-15-7-21(4)8-16-25/h5-16,19H,17-18H2,1-4H3,(H,27,29). The van der Waals surface area contributed by atoms with Gasteiger partial charge >= 0.3 is 0 Å². The van der Waals surface area contributed by atoms with Crippen molar-refractivity contribution in [2.75, 3.05) is 10.8 Å². The molecule has 0 unspecified atom stereocenters. The third kappa shape index (κ3) is 6.58. The molecular formula is C26H30N2O4S. The van der Waals surface area contributed by atoms with Crippen LogP contribution in [-0.4, -0.2) is 27.0 Å². The number of carbonyl (C=O) groups excluding carboxylic acids is 1. The summed E-state index contributed by atoms with van der Waals surface area (Å²) in [6.07, 6.45) is 0.0822. The van der Waals surface area contributed by atoms with Gasteiger partial charge < -0.3 is 10.1 Å². The summed E-state index contributed by atoms with van der Waals surface area (Å²) >= 11 is 0. The fourth-order valence-electron chi connectivity index (χ4n) is 3.21. The monoisotopic (exact) mass is 466 g/mol. The van der Waals surface area contributed by atoms with E-state index in [-0.39, 0.29) is 24.1 Å². The Hall–Kier alpha value is -3.32. The molecule has 33 heavy (non-hydrogen) atoms. The molecule has 0 aliphatic carbocycles. The Bertz CT molecular complexity index is 1170. The van der Waals surface area contributed by atoms with Gasteiger partial charge in [-0.2, -0.15) is 0 Å². The molecule has 174 valence electrons. The molecule has 6 nitrogen and oxygen atoms in total. The molecule has 0 aliphatic rings. The molecule has 0 radical (unpaired) electrons. The summed E-state index contributed by atoms with van der Waals surface area (Å²) in [6.45, 7) is 7.69. The van der Waals surface area contributed by atoms with Crippen molar-refractivity contribution < 1.29 is 17.9 Å². The lowest BCUT2D eigenvalue weighted by atomic mass is 10.2. The number of anilines is 1. The third-order valence-corrected chi connectivity index (χ3v) is 6.79. The Balaban J connectivity index is 1.76. The van der Waals surface area contributed by atoms with Gasteiger partial charge in [0.05, 0.1) is 16.7 Å². The number of benzene rings is 3. The van der Waals surface area contributed by atoms with Crippen LogP contribution in [0.3, 0.4) is 0 Å². The van der Waals surface area contributed by atoms with Crippen LogP contribution in [0.4, 0.5) is 5.69 Å². The summed E-state index contributed by atoms with van der Waals surface area (Å²) in [5.74, 6) is 0.364. The van der Waals surface area contributed by atoms with Gasteiger partial charge in [-0.3, -0.25) is 9.10 Å². The van der Waals surface area contributed by atoms with E-state index in [2.05, 4.69) is 5.32 Å². The minimum atomic E-state index is -3.92. The van der Waals surface area contributed by atoms with E-state index in [0.29, 0.717) is 5.69 Å². The van der Waals surface area contributed by atoms with E-state index < -0.39 is 15.9 Å². The molecule has 7 heteroatoms. The first-order valence-corrected chi connectivity index (χ1v) is 12.3. The molecule has 3 aromatic carbocycles. The summed E-state index contributed by atoms with van der Waals surface area (Å²) < 4.78 is 33.6. The van der Waals surface area contributed by atoms with Gasteiger partial charge in [0.2, 0.25) is 5.91 Å². The second-order valence-electron chi connectivity index (χ2n) is 8.25. The summed E-state index contributed by atoms with van der Waals surface area (Å²) in [7, 11) is -3.92. The number of aryl methyl sites for hydroxylation is 2. The number of hydrogen-bond donors (Lipinski definition) is 1. The summed E-state index contributed by atoms with van der Waals surface area (Å²) in [4.78, 5) is 12.9. The maximum absolute atomic E-state index is 13.4. The average Bonchev–Trinajstić information content (AvgIpc) is 2.77. The number of sulfonamides is 1. The zero-order chi connectivity index (χ0) is 24.0. The topological polar surface area (TPSA) is 75.7 Å². The van der Waals surface area contributed by atoms with Crippen LogP contribution in [0.1, 0.15) is 30.5 Å². The number of carbonyl (C=O) groups is 1. The Morgan fingerprint density at radius 1 is 0.879 bits per heavy atom. The van der Waals surface area contributed by atoms with Crippen LogP contribution in [0.25, 0.3) is 0 Å². The molecule has 3 aromatic rings. The molecule has 0 aromatic heterocycles. The van der Waals surface area contributed by atoms with Crippen LogP contribution >= 0.6 is 0 Å². The van der Waals surface area contributed by atoms with Crippen LogP contribution in [0.15, 0.2) is 77.7 Å². The van der Waals surface area contributed by atoms with Crippen molar-refractivity contribution in [3.63, 3.8) is 0 Å². The number of hydrogen-bond acceptors (Lipinski definition) is 4. The highest BCUT2D eigenvalue weighted by molar-refractivity contribution is 7.92.